The lowest BCUT2D eigenvalue weighted by molar-refractivity contribution is 0.102. The number of ether oxygens (including phenoxy) is 1. The van der Waals surface area contributed by atoms with Gasteiger partial charge in [-0.3, -0.25) is 4.79 Å². The third kappa shape index (κ3) is 4.53. The van der Waals surface area contributed by atoms with Gasteiger partial charge in [-0.15, -0.1) is 0 Å². The molecule has 3 nitrogen and oxygen atoms in total. The number of carbonyl (C=O) groups excluding carboxylic acids is 1. The summed E-state index contributed by atoms with van der Waals surface area (Å²) in [5.41, 5.74) is 2.22. The molecule has 0 aliphatic heterocycles. The quantitative estimate of drug-likeness (QED) is 0.580. The maximum Gasteiger partial charge on any atom is 0.255 e. The Bertz CT molecular complexity index is 908. The van der Waals surface area contributed by atoms with E-state index in [0.29, 0.717) is 27.0 Å². The van der Waals surface area contributed by atoms with Gasteiger partial charge in [0.1, 0.15) is 11.5 Å². The Labute approximate surface area is 156 Å². The third-order valence-electron chi connectivity index (χ3n) is 3.52. The molecule has 0 saturated carbocycles. The van der Waals surface area contributed by atoms with E-state index in [4.69, 9.17) is 27.9 Å². The first-order valence-corrected chi connectivity index (χ1v) is 8.38. The molecular weight excluding hydrogens is 357 g/mol. The van der Waals surface area contributed by atoms with E-state index in [1.165, 1.54) is 0 Å². The summed E-state index contributed by atoms with van der Waals surface area (Å²) in [5, 5.41) is 3.61. The van der Waals surface area contributed by atoms with Crippen molar-refractivity contribution in [1.29, 1.82) is 0 Å². The molecule has 0 aliphatic rings. The molecule has 3 aromatic carbocycles. The monoisotopic (exact) mass is 371 g/mol. The van der Waals surface area contributed by atoms with E-state index < -0.39 is 0 Å². The molecule has 1 amide bonds. The predicted octanol–water partition coefficient (Wildman–Crippen LogP) is 6.35. The summed E-state index contributed by atoms with van der Waals surface area (Å²) in [6.07, 6.45) is 0. The second-order valence-electron chi connectivity index (χ2n) is 5.53. The fraction of sp³-hybridized carbons (Fsp3) is 0.0500. The fourth-order valence-electron chi connectivity index (χ4n) is 2.27. The number of aryl methyl sites for hydroxylation is 1. The summed E-state index contributed by atoms with van der Waals surface area (Å²) in [4.78, 5) is 12.3. The van der Waals surface area contributed by atoms with Crippen LogP contribution in [0.15, 0.2) is 66.7 Å². The molecule has 0 aliphatic carbocycles. The van der Waals surface area contributed by atoms with Crippen molar-refractivity contribution in [3.63, 3.8) is 0 Å². The van der Waals surface area contributed by atoms with Crippen LogP contribution in [0.2, 0.25) is 10.0 Å². The smallest absolute Gasteiger partial charge is 0.255 e. The molecule has 0 heterocycles. The van der Waals surface area contributed by atoms with Crippen molar-refractivity contribution in [3.05, 3.63) is 87.9 Å². The van der Waals surface area contributed by atoms with Crippen molar-refractivity contribution >= 4 is 34.8 Å². The minimum Gasteiger partial charge on any atom is -0.457 e. The minimum absolute atomic E-state index is 0.236. The summed E-state index contributed by atoms with van der Waals surface area (Å²) in [7, 11) is 0. The lowest BCUT2D eigenvalue weighted by atomic mass is 10.2. The standard InChI is InChI=1S/C20H15Cl2NO2/c1-13-3-2-4-17(11-13)25-16-8-5-14(6-9-16)20(24)23-15-7-10-18(21)19(22)12-15/h2-12H,1H3,(H,23,24). The summed E-state index contributed by atoms with van der Waals surface area (Å²) >= 11 is 11.8. The van der Waals surface area contributed by atoms with Gasteiger partial charge in [-0.05, 0) is 67.1 Å². The first-order valence-electron chi connectivity index (χ1n) is 7.62. The second-order valence-corrected chi connectivity index (χ2v) is 6.34. The van der Waals surface area contributed by atoms with Gasteiger partial charge in [-0.1, -0.05) is 35.3 Å². The molecule has 3 rings (SSSR count). The van der Waals surface area contributed by atoms with Crippen molar-refractivity contribution in [2.45, 2.75) is 6.92 Å². The van der Waals surface area contributed by atoms with E-state index in [9.17, 15) is 4.79 Å². The van der Waals surface area contributed by atoms with Gasteiger partial charge in [0.15, 0.2) is 0 Å². The van der Waals surface area contributed by atoms with Crippen LogP contribution in [0.25, 0.3) is 0 Å². The minimum atomic E-state index is -0.236. The van der Waals surface area contributed by atoms with E-state index in [1.54, 1.807) is 42.5 Å². The van der Waals surface area contributed by atoms with Crippen molar-refractivity contribution in [2.24, 2.45) is 0 Å². The molecule has 1 N–H and O–H groups in total. The van der Waals surface area contributed by atoms with Crippen molar-refractivity contribution in [1.82, 2.24) is 0 Å². The molecule has 3 aromatic rings. The second kappa shape index (κ2) is 7.60. The van der Waals surface area contributed by atoms with Gasteiger partial charge in [-0.2, -0.15) is 0 Å². The van der Waals surface area contributed by atoms with E-state index in [2.05, 4.69) is 5.32 Å². The predicted molar refractivity (Wildman–Crippen MR) is 102 cm³/mol. The number of halogens is 2. The molecule has 0 saturated heterocycles. The van der Waals surface area contributed by atoms with Crippen LogP contribution in [0.5, 0.6) is 11.5 Å². The van der Waals surface area contributed by atoms with Crippen molar-refractivity contribution in [3.8, 4) is 11.5 Å². The number of anilines is 1. The fourth-order valence-corrected chi connectivity index (χ4v) is 2.56. The summed E-state index contributed by atoms with van der Waals surface area (Å²) in [6, 6.07) is 19.6. The Morgan fingerprint density at radius 2 is 1.64 bits per heavy atom. The van der Waals surface area contributed by atoms with Crippen LogP contribution in [-0.2, 0) is 0 Å². The summed E-state index contributed by atoms with van der Waals surface area (Å²) in [5.74, 6) is 1.19. The Morgan fingerprint density at radius 3 is 2.32 bits per heavy atom. The Morgan fingerprint density at radius 1 is 0.880 bits per heavy atom. The van der Waals surface area contributed by atoms with Crippen LogP contribution in [0.3, 0.4) is 0 Å². The molecule has 0 unspecified atom stereocenters. The molecule has 0 spiro atoms. The normalized spacial score (nSPS) is 10.4. The zero-order valence-corrected chi connectivity index (χ0v) is 14.9. The van der Waals surface area contributed by atoms with Crippen molar-refractivity contribution in [2.75, 3.05) is 5.32 Å². The number of hydrogen-bond donors (Lipinski definition) is 1. The highest BCUT2D eigenvalue weighted by molar-refractivity contribution is 6.42. The largest absolute Gasteiger partial charge is 0.457 e. The van der Waals surface area contributed by atoms with Crippen LogP contribution < -0.4 is 10.1 Å². The highest BCUT2D eigenvalue weighted by atomic mass is 35.5. The van der Waals surface area contributed by atoms with Crippen molar-refractivity contribution < 1.29 is 9.53 Å². The van der Waals surface area contributed by atoms with E-state index in [0.717, 1.165) is 11.3 Å². The Hall–Kier alpha value is -2.49. The Balaban J connectivity index is 1.68. The zero-order valence-electron chi connectivity index (χ0n) is 13.4. The summed E-state index contributed by atoms with van der Waals surface area (Å²) < 4.78 is 5.78. The van der Waals surface area contributed by atoms with Crippen LogP contribution >= 0.6 is 23.2 Å². The number of hydrogen-bond acceptors (Lipinski definition) is 2. The van der Waals surface area contributed by atoms with E-state index in [-0.39, 0.29) is 5.91 Å². The topological polar surface area (TPSA) is 38.3 Å². The van der Waals surface area contributed by atoms with Crippen LogP contribution in [-0.4, -0.2) is 5.91 Å². The molecule has 0 fully saturated rings. The number of nitrogens with one attached hydrogen (secondary N) is 1. The molecular formula is C20H15Cl2NO2. The number of carbonyl (C=O) groups is 1. The third-order valence-corrected chi connectivity index (χ3v) is 4.26. The molecule has 0 atom stereocenters. The molecule has 126 valence electrons. The van der Waals surface area contributed by atoms with E-state index in [1.807, 2.05) is 31.2 Å². The van der Waals surface area contributed by atoms with Gasteiger partial charge in [0, 0.05) is 11.3 Å². The number of rotatable bonds is 4. The van der Waals surface area contributed by atoms with Gasteiger partial charge >= 0.3 is 0 Å². The molecule has 25 heavy (non-hydrogen) atoms. The van der Waals surface area contributed by atoms with Gasteiger partial charge in [0.05, 0.1) is 10.0 Å². The highest BCUT2D eigenvalue weighted by Gasteiger charge is 2.08. The number of benzene rings is 3. The van der Waals surface area contributed by atoms with E-state index >= 15 is 0 Å². The molecule has 5 heteroatoms. The van der Waals surface area contributed by atoms with Gasteiger partial charge in [-0.25, -0.2) is 0 Å². The average molecular weight is 372 g/mol. The first-order chi connectivity index (χ1) is 12.0. The lowest BCUT2D eigenvalue weighted by Crippen LogP contribution is -2.11. The average Bonchev–Trinajstić information content (AvgIpc) is 2.59. The van der Waals surface area contributed by atoms with Crippen LogP contribution in [0.1, 0.15) is 15.9 Å². The summed E-state index contributed by atoms with van der Waals surface area (Å²) in [6.45, 7) is 2.00. The molecule has 0 bridgehead atoms. The maximum absolute atomic E-state index is 12.3. The van der Waals surface area contributed by atoms with Gasteiger partial charge in [0.25, 0.3) is 5.91 Å². The SMILES string of the molecule is Cc1cccc(Oc2ccc(C(=O)Nc3ccc(Cl)c(Cl)c3)cc2)c1. The zero-order chi connectivity index (χ0) is 17.8. The van der Waals surface area contributed by atoms with Gasteiger partial charge < -0.3 is 10.1 Å². The maximum atomic E-state index is 12.3. The molecule has 0 radical (unpaired) electrons. The van der Waals surface area contributed by atoms with Crippen LogP contribution in [0, 0.1) is 6.92 Å². The molecule has 0 aromatic heterocycles. The van der Waals surface area contributed by atoms with Gasteiger partial charge in [0.2, 0.25) is 0 Å². The lowest BCUT2D eigenvalue weighted by Gasteiger charge is -2.09. The van der Waals surface area contributed by atoms with Crippen LogP contribution in [0.4, 0.5) is 5.69 Å². The first kappa shape index (κ1) is 17.3. The Kier molecular flexibility index (Phi) is 5.27. The highest BCUT2D eigenvalue weighted by Crippen LogP contribution is 2.26. The number of amides is 1.